The van der Waals surface area contributed by atoms with Crippen LogP contribution in [0.1, 0.15) is 0 Å². The van der Waals surface area contributed by atoms with Gasteiger partial charge < -0.3 is 9.64 Å². The van der Waals surface area contributed by atoms with Gasteiger partial charge >= 0.3 is 6.09 Å². The Bertz CT molecular complexity index is 569. The van der Waals surface area contributed by atoms with Crippen LogP contribution in [0.5, 0.6) is 5.75 Å². The number of halogens is 1. The smallest absolute Gasteiger partial charge is 0.409 e. The van der Waals surface area contributed by atoms with Crippen LogP contribution in [0.25, 0.3) is 10.9 Å². The minimum absolute atomic E-state index is 0.391. The van der Waals surface area contributed by atoms with E-state index in [0.717, 1.165) is 14.5 Å². The summed E-state index contributed by atoms with van der Waals surface area (Å²) in [5.41, 5.74) is 0.845. The highest BCUT2D eigenvalue weighted by Gasteiger charge is 2.12. The van der Waals surface area contributed by atoms with Gasteiger partial charge in [-0.15, -0.1) is 0 Å². The lowest BCUT2D eigenvalue weighted by Gasteiger charge is -2.12. The van der Waals surface area contributed by atoms with Gasteiger partial charge in [0.15, 0.2) is 0 Å². The highest BCUT2D eigenvalue weighted by atomic mass is 127. The Labute approximate surface area is 113 Å². The van der Waals surface area contributed by atoms with Crippen molar-refractivity contribution in [1.29, 1.82) is 0 Å². The molecule has 0 saturated heterocycles. The van der Waals surface area contributed by atoms with E-state index in [2.05, 4.69) is 27.6 Å². The molecule has 1 amide bonds. The van der Waals surface area contributed by atoms with Gasteiger partial charge in [-0.25, -0.2) is 4.79 Å². The first-order valence-electron chi connectivity index (χ1n) is 5.02. The minimum Gasteiger partial charge on any atom is -0.409 e. The number of ether oxygens (including phenoxy) is 1. The topological polar surface area (TPSA) is 42.4 Å². The first-order chi connectivity index (χ1) is 8.09. The summed E-state index contributed by atoms with van der Waals surface area (Å²) in [6, 6.07) is 7.53. The molecule has 0 aliphatic heterocycles. The summed E-state index contributed by atoms with van der Waals surface area (Å²) in [6.07, 6.45) is 1.33. The Morgan fingerprint density at radius 1 is 1.35 bits per heavy atom. The second kappa shape index (κ2) is 4.87. The molecule has 0 unspecified atom stereocenters. The van der Waals surface area contributed by atoms with Crippen LogP contribution in [-0.4, -0.2) is 30.1 Å². The number of nitrogens with zero attached hydrogens (tertiary/aromatic N) is 2. The van der Waals surface area contributed by atoms with Gasteiger partial charge in [0.2, 0.25) is 0 Å². The third kappa shape index (κ3) is 2.49. The molecule has 88 valence electrons. The fraction of sp³-hybridized carbons (Fsp3) is 0.167. The molecule has 17 heavy (non-hydrogen) atoms. The van der Waals surface area contributed by atoms with Gasteiger partial charge in [-0.3, -0.25) is 4.98 Å². The van der Waals surface area contributed by atoms with E-state index < -0.39 is 6.09 Å². The number of benzene rings is 1. The molecule has 0 bridgehead atoms. The van der Waals surface area contributed by atoms with Crippen molar-refractivity contribution in [3.63, 3.8) is 0 Å². The van der Waals surface area contributed by atoms with E-state index in [1.165, 1.54) is 4.90 Å². The molecule has 0 atom stereocenters. The number of carbonyl (C=O) groups is 1. The highest BCUT2D eigenvalue weighted by Crippen LogP contribution is 2.28. The predicted octanol–water partition coefficient (Wildman–Crippen LogP) is 2.90. The van der Waals surface area contributed by atoms with E-state index in [-0.39, 0.29) is 0 Å². The van der Waals surface area contributed by atoms with E-state index in [0.29, 0.717) is 5.75 Å². The van der Waals surface area contributed by atoms with Crippen molar-refractivity contribution in [1.82, 2.24) is 9.88 Å². The van der Waals surface area contributed by atoms with Crippen LogP contribution in [0.3, 0.4) is 0 Å². The van der Waals surface area contributed by atoms with Gasteiger partial charge in [0.25, 0.3) is 0 Å². The van der Waals surface area contributed by atoms with Crippen LogP contribution in [-0.2, 0) is 0 Å². The maximum absolute atomic E-state index is 11.5. The lowest BCUT2D eigenvalue weighted by atomic mass is 10.2. The van der Waals surface area contributed by atoms with Crippen LogP contribution in [0.2, 0.25) is 0 Å². The summed E-state index contributed by atoms with van der Waals surface area (Å²) in [4.78, 5) is 17.1. The van der Waals surface area contributed by atoms with E-state index in [9.17, 15) is 4.79 Å². The molecule has 2 aromatic rings. The molecular formula is C12H11IN2O2. The molecule has 0 fully saturated rings. The molecule has 5 heteroatoms. The molecular weight excluding hydrogens is 331 g/mol. The molecule has 1 heterocycles. The van der Waals surface area contributed by atoms with Crippen LogP contribution < -0.4 is 4.74 Å². The normalized spacial score (nSPS) is 10.3. The Morgan fingerprint density at radius 3 is 2.82 bits per heavy atom. The van der Waals surface area contributed by atoms with Gasteiger partial charge in [-0.2, -0.15) is 0 Å². The zero-order valence-electron chi connectivity index (χ0n) is 9.48. The van der Waals surface area contributed by atoms with Crippen LogP contribution in [0.4, 0.5) is 4.79 Å². The maximum atomic E-state index is 11.5. The SMILES string of the molecule is CN(C)C(=O)Oc1ccc2cccnc2c1I. The standard InChI is InChI=1S/C12H11IN2O2/c1-15(2)12(16)17-9-6-5-8-4-3-7-14-11(8)10(9)13/h3-7H,1-2H3. The Balaban J connectivity index is 2.43. The summed E-state index contributed by atoms with van der Waals surface area (Å²) in [5.74, 6) is 0.538. The number of hydrogen-bond acceptors (Lipinski definition) is 3. The molecule has 4 nitrogen and oxygen atoms in total. The number of rotatable bonds is 1. The van der Waals surface area contributed by atoms with Crippen molar-refractivity contribution in [2.45, 2.75) is 0 Å². The van der Waals surface area contributed by atoms with E-state index in [1.54, 1.807) is 26.4 Å². The average Bonchev–Trinajstić information content (AvgIpc) is 2.33. The largest absolute Gasteiger partial charge is 0.414 e. The molecule has 0 radical (unpaired) electrons. The summed E-state index contributed by atoms with van der Waals surface area (Å²) >= 11 is 2.14. The number of fused-ring (bicyclic) bond motifs is 1. The van der Waals surface area contributed by atoms with Gasteiger partial charge in [-0.05, 0) is 40.8 Å². The zero-order chi connectivity index (χ0) is 12.4. The Hall–Kier alpha value is -1.37. The van der Waals surface area contributed by atoms with Crippen molar-refractivity contribution < 1.29 is 9.53 Å². The van der Waals surface area contributed by atoms with E-state index in [1.807, 2.05) is 18.2 Å². The molecule has 0 aliphatic carbocycles. The van der Waals surface area contributed by atoms with Crippen molar-refractivity contribution in [2.24, 2.45) is 0 Å². The lowest BCUT2D eigenvalue weighted by molar-refractivity contribution is 0.171. The summed E-state index contributed by atoms with van der Waals surface area (Å²) in [5, 5.41) is 1.03. The van der Waals surface area contributed by atoms with Crippen LogP contribution in [0, 0.1) is 3.57 Å². The summed E-state index contributed by atoms with van der Waals surface area (Å²) in [6.45, 7) is 0. The maximum Gasteiger partial charge on any atom is 0.414 e. The number of carbonyl (C=O) groups excluding carboxylic acids is 1. The molecule has 0 saturated carbocycles. The second-order valence-corrected chi connectivity index (χ2v) is 4.79. The van der Waals surface area contributed by atoms with Crippen molar-refractivity contribution >= 4 is 39.6 Å². The number of aromatic nitrogens is 1. The fourth-order valence-electron chi connectivity index (χ4n) is 1.36. The summed E-state index contributed by atoms with van der Waals surface area (Å²) in [7, 11) is 3.29. The van der Waals surface area contributed by atoms with Crippen molar-refractivity contribution in [3.05, 3.63) is 34.0 Å². The Kier molecular flexibility index (Phi) is 3.46. The molecule has 0 spiro atoms. The highest BCUT2D eigenvalue weighted by molar-refractivity contribution is 14.1. The molecule has 0 N–H and O–H groups in total. The average molecular weight is 342 g/mol. The zero-order valence-corrected chi connectivity index (χ0v) is 11.6. The monoisotopic (exact) mass is 342 g/mol. The minimum atomic E-state index is -0.391. The van der Waals surface area contributed by atoms with E-state index in [4.69, 9.17) is 4.74 Å². The van der Waals surface area contributed by atoms with Gasteiger partial charge in [0, 0.05) is 25.7 Å². The Morgan fingerprint density at radius 2 is 2.12 bits per heavy atom. The van der Waals surface area contributed by atoms with Gasteiger partial charge in [0.1, 0.15) is 5.75 Å². The van der Waals surface area contributed by atoms with Crippen molar-refractivity contribution in [2.75, 3.05) is 14.1 Å². The quantitative estimate of drug-likeness (QED) is 0.749. The van der Waals surface area contributed by atoms with E-state index >= 15 is 0 Å². The first kappa shape index (κ1) is 12.1. The van der Waals surface area contributed by atoms with Gasteiger partial charge in [-0.1, -0.05) is 6.07 Å². The number of pyridine rings is 1. The van der Waals surface area contributed by atoms with Crippen LogP contribution >= 0.6 is 22.6 Å². The molecule has 1 aromatic heterocycles. The van der Waals surface area contributed by atoms with Gasteiger partial charge in [0.05, 0.1) is 9.09 Å². The third-order valence-corrected chi connectivity index (χ3v) is 3.28. The second-order valence-electron chi connectivity index (χ2n) is 3.72. The first-order valence-corrected chi connectivity index (χ1v) is 6.10. The predicted molar refractivity (Wildman–Crippen MR) is 74.2 cm³/mol. The molecule has 0 aliphatic rings. The summed E-state index contributed by atoms with van der Waals surface area (Å²) < 4.78 is 6.10. The third-order valence-electron chi connectivity index (χ3n) is 2.24. The lowest BCUT2D eigenvalue weighted by Crippen LogP contribution is -2.25. The van der Waals surface area contributed by atoms with Crippen molar-refractivity contribution in [3.8, 4) is 5.75 Å². The number of hydrogen-bond donors (Lipinski definition) is 0. The number of amides is 1. The molecule has 2 rings (SSSR count). The fourth-order valence-corrected chi connectivity index (χ4v) is 2.10. The molecule has 1 aromatic carbocycles. The van der Waals surface area contributed by atoms with Crippen LogP contribution in [0.15, 0.2) is 30.5 Å².